The van der Waals surface area contributed by atoms with Gasteiger partial charge in [0.1, 0.15) is 35.9 Å². The Bertz CT molecular complexity index is 1380. The van der Waals surface area contributed by atoms with E-state index in [4.69, 9.17) is 0 Å². The van der Waals surface area contributed by atoms with Crippen molar-refractivity contribution >= 4 is 33.7 Å². The number of hydrogen-bond acceptors (Lipinski definition) is 6. The number of aliphatic hydroxyl groups is 6. The average molecular weight is 515 g/mol. The maximum absolute atomic E-state index is 10.5. The van der Waals surface area contributed by atoms with E-state index in [9.17, 15) is 30.6 Å². The highest BCUT2D eigenvalue weighted by Gasteiger charge is 2.34. The highest BCUT2D eigenvalue weighted by molar-refractivity contribution is 5.92. The minimum absolute atomic E-state index is 0.583. The Labute approximate surface area is 222 Å². The summed E-state index contributed by atoms with van der Waals surface area (Å²) in [6, 6.07) is 23.0. The molecular weight excluding hydrogens is 480 g/mol. The monoisotopic (exact) mass is 514 g/mol. The normalized spacial score (nSPS) is 15.9. The summed E-state index contributed by atoms with van der Waals surface area (Å²) in [5, 5.41) is 66.9. The van der Waals surface area contributed by atoms with E-state index in [1.165, 1.54) is 12.2 Å². The number of benzene rings is 4. The SMILES string of the molecule is CCc1ccc2c(C=C(O)[C@@H](O)[C@@H](O)[C@H](O)[C@H](O)C(O)=Cc3cccc4cc(CC)ccc34)cccc2c1. The number of hydrogen-bond donors (Lipinski definition) is 6. The van der Waals surface area contributed by atoms with Crippen molar-refractivity contribution in [1.29, 1.82) is 0 Å². The second kappa shape index (κ2) is 11.8. The Morgan fingerprint density at radius 1 is 0.605 bits per heavy atom. The third-order valence-corrected chi connectivity index (χ3v) is 6.98. The number of aliphatic hydroxyl groups excluding tert-OH is 6. The number of fused-ring (bicyclic) bond motifs is 2. The van der Waals surface area contributed by atoms with Gasteiger partial charge in [-0.2, -0.15) is 0 Å². The summed E-state index contributed by atoms with van der Waals surface area (Å²) in [5.74, 6) is -1.17. The molecule has 4 rings (SSSR count). The summed E-state index contributed by atoms with van der Waals surface area (Å²) in [5.41, 5.74) is 3.57. The lowest BCUT2D eigenvalue weighted by Crippen LogP contribution is -2.45. The number of rotatable bonds is 9. The summed E-state index contributed by atoms with van der Waals surface area (Å²) < 4.78 is 0. The molecule has 0 bridgehead atoms. The minimum atomic E-state index is -1.97. The van der Waals surface area contributed by atoms with Crippen molar-refractivity contribution in [3.8, 4) is 0 Å². The molecule has 0 aliphatic carbocycles. The zero-order chi connectivity index (χ0) is 27.4. The van der Waals surface area contributed by atoms with Crippen LogP contribution < -0.4 is 0 Å². The fourth-order valence-electron chi connectivity index (χ4n) is 4.62. The first kappa shape index (κ1) is 27.4. The van der Waals surface area contributed by atoms with Gasteiger partial charge in [-0.05, 0) is 68.8 Å². The van der Waals surface area contributed by atoms with Crippen LogP contribution in [0.25, 0.3) is 33.7 Å². The van der Waals surface area contributed by atoms with Crippen molar-refractivity contribution in [2.24, 2.45) is 0 Å². The maximum atomic E-state index is 10.5. The van der Waals surface area contributed by atoms with Gasteiger partial charge in [0.15, 0.2) is 0 Å². The van der Waals surface area contributed by atoms with E-state index in [-0.39, 0.29) is 0 Å². The Hall–Kier alpha value is -3.68. The molecule has 0 aromatic heterocycles. The molecule has 4 atom stereocenters. The van der Waals surface area contributed by atoms with Crippen LogP contribution in [0.3, 0.4) is 0 Å². The molecule has 0 heterocycles. The molecule has 0 unspecified atom stereocenters. The smallest absolute Gasteiger partial charge is 0.139 e. The lowest BCUT2D eigenvalue weighted by molar-refractivity contribution is -0.0996. The zero-order valence-corrected chi connectivity index (χ0v) is 21.5. The quantitative estimate of drug-likeness (QED) is 0.174. The summed E-state index contributed by atoms with van der Waals surface area (Å²) in [7, 11) is 0. The van der Waals surface area contributed by atoms with Gasteiger partial charge in [-0.1, -0.05) is 86.6 Å². The lowest BCUT2D eigenvalue weighted by atomic mass is 9.96. The predicted molar refractivity (Wildman–Crippen MR) is 152 cm³/mol. The fraction of sp³-hybridized carbons (Fsp3) is 0.250. The highest BCUT2D eigenvalue weighted by Crippen LogP contribution is 2.26. The molecule has 0 saturated carbocycles. The van der Waals surface area contributed by atoms with E-state index in [0.717, 1.165) is 45.5 Å². The van der Waals surface area contributed by atoms with Gasteiger partial charge in [0, 0.05) is 0 Å². The van der Waals surface area contributed by atoms with Gasteiger partial charge in [-0.3, -0.25) is 0 Å². The van der Waals surface area contributed by atoms with Crippen molar-refractivity contribution in [3.05, 3.63) is 107 Å². The molecule has 4 aromatic rings. The molecule has 0 spiro atoms. The van der Waals surface area contributed by atoms with Crippen LogP contribution >= 0.6 is 0 Å². The van der Waals surface area contributed by atoms with Gasteiger partial charge in [-0.25, -0.2) is 0 Å². The van der Waals surface area contributed by atoms with Crippen molar-refractivity contribution in [2.45, 2.75) is 51.1 Å². The van der Waals surface area contributed by atoms with Crippen LogP contribution in [0.5, 0.6) is 0 Å². The Morgan fingerprint density at radius 3 is 1.37 bits per heavy atom. The predicted octanol–water partition coefficient (Wildman–Crippen LogP) is 5.06. The zero-order valence-electron chi connectivity index (χ0n) is 21.5. The molecule has 198 valence electrons. The van der Waals surface area contributed by atoms with Crippen LogP contribution in [0.1, 0.15) is 36.1 Å². The molecule has 0 aliphatic rings. The van der Waals surface area contributed by atoms with Crippen molar-refractivity contribution in [2.75, 3.05) is 0 Å². The van der Waals surface area contributed by atoms with Gasteiger partial charge in [-0.15, -0.1) is 0 Å². The van der Waals surface area contributed by atoms with Crippen molar-refractivity contribution in [1.82, 2.24) is 0 Å². The van der Waals surface area contributed by atoms with E-state index < -0.39 is 35.9 Å². The second-order valence-corrected chi connectivity index (χ2v) is 9.52. The van der Waals surface area contributed by atoms with E-state index in [0.29, 0.717) is 11.1 Å². The van der Waals surface area contributed by atoms with Crippen LogP contribution in [-0.2, 0) is 12.8 Å². The van der Waals surface area contributed by atoms with Crippen LogP contribution in [0.15, 0.2) is 84.3 Å². The molecule has 4 aromatic carbocycles. The molecule has 6 nitrogen and oxygen atoms in total. The van der Waals surface area contributed by atoms with E-state index in [2.05, 4.69) is 13.8 Å². The van der Waals surface area contributed by atoms with Gasteiger partial charge >= 0.3 is 0 Å². The molecule has 0 saturated heterocycles. The molecule has 0 amide bonds. The molecule has 6 N–H and O–H groups in total. The van der Waals surface area contributed by atoms with Crippen LogP contribution in [0, 0.1) is 0 Å². The molecular formula is C32H34O6. The summed E-state index contributed by atoms with van der Waals surface area (Å²) in [6.07, 6.45) is -3.35. The third-order valence-electron chi connectivity index (χ3n) is 6.98. The fourth-order valence-corrected chi connectivity index (χ4v) is 4.62. The second-order valence-electron chi connectivity index (χ2n) is 9.52. The van der Waals surface area contributed by atoms with Gasteiger partial charge in [0.05, 0.1) is 0 Å². The Balaban J connectivity index is 1.54. The Kier molecular flexibility index (Phi) is 8.49. The number of aryl methyl sites for hydroxylation is 2. The summed E-state index contributed by atoms with van der Waals surface area (Å²) in [4.78, 5) is 0. The Morgan fingerprint density at radius 2 is 1.00 bits per heavy atom. The first-order chi connectivity index (χ1) is 18.2. The first-order valence-electron chi connectivity index (χ1n) is 12.8. The van der Waals surface area contributed by atoms with Crippen LogP contribution in [0.2, 0.25) is 0 Å². The van der Waals surface area contributed by atoms with Gasteiger partial charge < -0.3 is 30.6 Å². The topological polar surface area (TPSA) is 121 Å². The molecule has 0 radical (unpaired) electrons. The minimum Gasteiger partial charge on any atom is -0.509 e. The van der Waals surface area contributed by atoms with Crippen molar-refractivity contribution in [3.63, 3.8) is 0 Å². The summed E-state index contributed by atoms with van der Waals surface area (Å²) in [6.45, 7) is 4.12. The molecule has 0 fully saturated rings. The average Bonchev–Trinajstić information content (AvgIpc) is 2.95. The molecule has 38 heavy (non-hydrogen) atoms. The van der Waals surface area contributed by atoms with E-state index in [1.807, 2.05) is 60.7 Å². The van der Waals surface area contributed by atoms with Gasteiger partial charge in [0.25, 0.3) is 0 Å². The maximum Gasteiger partial charge on any atom is 0.139 e. The van der Waals surface area contributed by atoms with Crippen LogP contribution in [-0.4, -0.2) is 55.1 Å². The summed E-state index contributed by atoms with van der Waals surface area (Å²) >= 11 is 0. The van der Waals surface area contributed by atoms with Crippen LogP contribution in [0.4, 0.5) is 0 Å². The van der Waals surface area contributed by atoms with E-state index in [1.54, 1.807) is 12.1 Å². The first-order valence-corrected chi connectivity index (χ1v) is 12.8. The largest absolute Gasteiger partial charge is 0.509 e. The molecule has 0 aliphatic heterocycles. The lowest BCUT2D eigenvalue weighted by Gasteiger charge is -2.26. The highest BCUT2D eigenvalue weighted by atomic mass is 16.4. The third kappa shape index (κ3) is 5.74. The van der Waals surface area contributed by atoms with Gasteiger partial charge in [0.2, 0.25) is 0 Å². The van der Waals surface area contributed by atoms with Crippen molar-refractivity contribution < 1.29 is 30.6 Å². The van der Waals surface area contributed by atoms with E-state index >= 15 is 0 Å². The molecule has 6 heteroatoms. The standard InChI is InChI=1S/C32H34O6/c1-3-19-11-13-25-21(15-19)7-5-9-23(25)17-27(33)29(35)31(37)32(38)30(36)28(34)18-24-10-6-8-22-16-20(4-2)12-14-26(22)24/h5-18,29-38H,3-4H2,1-2H3/t29-,30-,31-,32-/m1/s1.